The molecular weight excluding hydrogens is 695 g/mol. The highest BCUT2D eigenvalue weighted by atomic mass is 16.1. The summed E-state index contributed by atoms with van der Waals surface area (Å²) in [6.07, 6.45) is 1.82. The lowest BCUT2D eigenvalue weighted by molar-refractivity contribution is 0.111. The molecule has 4 nitrogen and oxygen atoms in total. The van der Waals surface area contributed by atoms with Gasteiger partial charge in [0.15, 0.2) is 0 Å². The molecule has 0 aliphatic carbocycles. The molecule has 0 bridgehead atoms. The third-order valence-electron chi connectivity index (χ3n) is 12.8. The predicted molar refractivity (Wildman–Crippen MR) is 239 cm³/mol. The SMILES string of the molecule is CC(C)(C)c1ccc2c(c1)c1c(-c3ccc(C=O)cc3)ccc3c1n2-c1cccc2c1B3c1ccc(-c3ccc(C=O)cc3)c3c4cc(C(C)(C)C)ccc4n-2c13. The summed E-state index contributed by atoms with van der Waals surface area (Å²) >= 11 is 0. The Labute approximate surface area is 332 Å². The quantitative estimate of drug-likeness (QED) is 0.133. The fourth-order valence-electron chi connectivity index (χ4n) is 9.91. The number of carbonyl (C=O) groups is 2. The Morgan fingerprint density at radius 3 is 1.30 bits per heavy atom. The highest BCUT2D eigenvalue weighted by Crippen LogP contribution is 2.45. The zero-order chi connectivity index (χ0) is 39.1. The fourth-order valence-corrected chi connectivity index (χ4v) is 9.91. The van der Waals surface area contributed by atoms with Crippen molar-refractivity contribution in [3.05, 3.63) is 150 Å². The predicted octanol–water partition coefficient (Wildman–Crippen LogP) is 10.6. The first kappa shape index (κ1) is 33.8. The van der Waals surface area contributed by atoms with E-state index in [4.69, 9.17) is 0 Å². The molecule has 0 saturated carbocycles. The van der Waals surface area contributed by atoms with Crippen LogP contribution in [-0.4, -0.2) is 28.4 Å². The van der Waals surface area contributed by atoms with E-state index in [2.05, 4.69) is 154 Å². The number of aromatic nitrogens is 2. The highest BCUT2D eigenvalue weighted by molar-refractivity contribution is 7.00. The summed E-state index contributed by atoms with van der Waals surface area (Å²) in [4.78, 5) is 23.4. The van der Waals surface area contributed by atoms with Crippen molar-refractivity contribution in [1.82, 2.24) is 9.13 Å². The Kier molecular flexibility index (Phi) is 6.86. The largest absolute Gasteiger partial charge is 0.310 e. The van der Waals surface area contributed by atoms with Crippen molar-refractivity contribution in [3.63, 3.8) is 0 Å². The first-order chi connectivity index (χ1) is 27.5. The van der Waals surface area contributed by atoms with Gasteiger partial charge in [-0.1, -0.05) is 133 Å². The topological polar surface area (TPSA) is 44.0 Å². The van der Waals surface area contributed by atoms with E-state index >= 15 is 0 Å². The van der Waals surface area contributed by atoms with E-state index in [0.29, 0.717) is 11.1 Å². The molecule has 0 amide bonds. The minimum absolute atomic E-state index is 0.00280. The van der Waals surface area contributed by atoms with Crippen LogP contribution in [0.4, 0.5) is 0 Å². The van der Waals surface area contributed by atoms with Crippen LogP contribution in [0.2, 0.25) is 0 Å². The number of hydrogen-bond donors (Lipinski definition) is 0. The maximum absolute atomic E-state index is 11.7. The summed E-state index contributed by atoms with van der Waals surface area (Å²) in [5, 5.41) is 4.97. The second-order valence-corrected chi connectivity index (χ2v) is 18.1. The van der Waals surface area contributed by atoms with Crippen molar-refractivity contribution >= 4 is 79.3 Å². The summed E-state index contributed by atoms with van der Waals surface area (Å²) in [6.45, 7) is 13.7. The van der Waals surface area contributed by atoms with Crippen LogP contribution in [0.15, 0.2) is 127 Å². The number of rotatable bonds is 4. The average molecular weight is 737 g/mol. The number of benzene rings is 7. The van der Waals surface area contributed by atoms with E-state index in [-0.39, 0.29) is 17.5 Å². The maximum atomic E-state index is 11.7. The van der Waals surface area contributed by atoms with Crippen molar-refractivity contribution in [2.45, 2.75) is 52.4 Å². The van der Waals surface area contributed by atoms with E-state index in [0.717, 1.165) is 23.7 Å². The average Bonchev–Trinajstić information content (AvgIpc) is 3.75. The van der Waals surface area contributed by atoms with Crippen LogP contribution in [0.3, 0.4) is 0 Å². The van der Waals surface area contributed by atoms with Crippen LogP contribution >= 0.6 is 0 Å². The first-order valence-electron chi connectivity index (χ1n) is 19.9. The normalized spacial score (nSPS) is 13.2. The van der Waals surface area contributed by atoms with E-state index in [9.17, 15) is 9.59 Å². The minimum atomic E-state index is -0.0267. The summed E-state index contributed by atoms with van der Waals surface area (Å²) in [5.74, 6) is 0. The molecule has 2 aromatic heterocycles. The van der Waals surface area contributed by atoms with Gasteiger partial charge in [0, 0.05) is 55.1 Å². The Morgan fingerprint density at radius 2 is 0.912 bits per heavy atom. The number of nitrogens with zero attached hydrogens (tertiary/aromatic N) is 2. The lowest BCUT2D eigenvalue weighted by Crippen LogP contribution is -2.59. The Hall–Kier alpha value is -6.46. The van der Waals surface area contributed by atoms with Gasteiger partial charge in [-0.05, 0) is 97.0 Å². The van der Waals surface area contributed by atoms with Crippen molar-refractivity contribution in [2.75, 3.05) is 0 Å². The molecule has 7 aromatic carbocycles. The third kappa shape index (κ3) is 4.63. The fraction of sp³-hybridized carbons (Fsp3) is 0.154. The van der Waals surface area contributed by atoms with Crippen LogP contribution < -0.4 is 16.4 Å². The van der Waals surface area contributed by atoms with Gasteiger partial charge in [-0.2, -0.15) is 0 Å². The Balaban J connectivity index is 1.29. The zero-order valence-electron chi connectivity index (χ0n) is 33.1. The highest BCUT2D eigenvalue weighted by Gasteiger charge is 2.41. The minimum Gasteiger partial charge on any atom is -0.310 e. The van der Waals surface area contributed by atoms with Gasteiger partial charge in [0.25, 0.3) is 6.71 Å². The molecule has 4 heterocycles. The van der Waals surface area contributed by atoms with Crippen molar-refractivity contribution in [3.8, 4) is 33.6 Å². The first-order valence-corrected chi connectivity index (χ1v) is 19.9. The van der Waals surface area contributed by atoms with Gasteiger partial charge in [0.05, 0.1) is 11.0 Å². The Bertz CT molecular complexity index is 3010. The van der Waals surface area contributed by atoms with E-state index in [1.807, 2.05) is 24.3 Å². The lowest BCUT2D eigenvalue weighted by Gasteiger charge is -2.34. The van der Waals surface area contributed by atoms with Crippen LogP contribution in [-0.2, 0) is 10.8 Å². The molecule has 0 atom stereocenters. The van der Waals surface area contributed by atoms with E-state index in [1.54, 1.807) is 0 Å². The van der Waals surface area contributed by atoms with Gasteiger partial charge in [-0.25, -0.2) is 0 Å². The molecule has 5 heteroatoms. The van der Waals surface area contributed by atoms with Gasteiger partial charge >= 0.3 is 0 Å². The molecule has 0 fully saturated rings. The number of hydrogen-bond acceptors (Lipinski definition) is 2. The number of aldehydes is 2. The van der Waals surface area contributed by atoms with Crippen molar-refractivity contribution in [1.29, 1.82) is 0 Å². The monoisotopic (exact) mass is 736 g/mol. The molecule has 0 saturated heterocycles. The van der Waals surface area contributed by atoms with Crippen LogP contribution in [0.5, 0.6) is 0 Å². The van der Waals surface area contributed by atoms with Gasteiger partial charge in [-0.15, -0.1) is 0 Å². The molecule has 9 aromatic rings. The molecule has 2 aliphatic rings. The van der Waals surface area contributed by atoms with Crippen LogP contribution in [0.1, 0.15) is 73.4 Å². The van der Waals surface area contributed by atoms with Crippen molar-refractivity contribution < 1.29 is 9.59 Å². The molecule has 0 unspecified atom stereocenters. The van der Waals surface area contributed by atoms with Gasteiger partial charge in [0.1, 0.15) is 12.6 Å². The maximum Gasteiger partial charge on any atom is 0.252 e. The van der Waals surface area contributed by atoms with Gasteiger partial charge in [0.2, 0.25) is 0 Å². The molecule has 2 aliphatic heterocycles. The zero-order valence-corrected chi connectivity index (χ0v) is 33.1. The van der Waals surface area contributed by atoms with Crippen LogP contribution in [0, 0.1) is 0 Å². The summed E-state index contributed by atoms with van der Waals surface area (Å²) in [7, 11) is 0. The summed E-state index contributed by atoms with van der Waals surface area (Å²) in [5.41, 5.74) is 19.6. The van der Waals surface area contributed by atoms with Crippen LogP contribution in [0.25, 0.3) is 77.2 Å². The molecular formula is C52H41BN2O2. The molecule has 274 valence electrons. The van der Waals surface area contributed by atoms with E-state index < -0.39 is 0 Å². The standard InChI is InChI=1S/C52H41BN2O2/c1-51(2,3)34-18-24-42-38(26-34)46-36(32-14-10-30(28-56)11-15-32)20-22-40-49(46)54(42)44-8-7-9-45-48(44)53(40)41-23-21-37(33-16-12-31(29-57)13-17-33)47-39-27-35(52(4,5)6)19-25-43(39)55(45)50(41)47/h7-29H,1-6H3. The molecule has 0 radical (unpaired) electrons. The molecule has 0 spiro atoms. The second kappa shape index (κ2) is 11.5. The summed E-state index contributed by atoms with van der Waals surface area (Å²) in [6, 6.07) is 46.3. The molecule has 0 N–H and O–H groups in total. The molecule has 57 heavy (non-hydrogen) atoms. The van der Waals surface area contributed by atoms with Gasteiger partial charge in [-0.3, -0.25) is 9.59 Å². The van der Waals surface area contributed by atoms with Crippen molar-refractivity contribution in [2.24, 2.45) is 0 Å². The number of carbonyl (C=O) groups excluding carboxylic acids is 2. The summed E-state index contributed by atoms with van der Waals surface area (Å²) < 4.78 is 5.05. The second-order valence-electron chi connectivity index (χ2n) is 18.1. The third-order valence-corrected chi connectivity index (χ3v) is 12.8. The molecule has 11 rings (SSSR count). The lowest BCUT2D eigenvalue weighted by atomic mass is 9.34. The Morgan fingerprint density at radius 1 is 0.491 bits per heavy atom. The van der Waals surface area contributed by atoms with Gasteiger partial charge < -0.3 is 9.13 Å². The smallest absolute Gasteiger partial charge is 0.252 e. The van der Waals surface area contributed by atoms with E-state index in [1.165, 1.54) is 93.6 Å². The number of fused-ring (bicyclic) bond motifs is 10.